The van der Waals surface area contributed by atoms with E-state index in [9.17, 15) is 0 Å². The first-order valence-electron chi connectivity index (χ1n) is 6.64. The van der Waals surface area contributed by atoms with Crippen molar-refractivity contribution in [2.75, 3.05) is 0 Å². The topological polar surface area (TPSA) is 35.0 Å². The number of hydrogen-bond acceptors (Lipinski definition) is 4. The maximum atomic E-state index is 6.10. The van der Waals surface area contributed by atoms with Gasteiger partial charge in [-0.2, -0.15) is 4.98 Å². The Hall–Kier alpha value is -1.65. The molecule has 0 atom stereocenters. The predicted octanol–water partition coefficient (Wildman–Crippen LogP) is 5.37. The molecule has 21 heavy (non-hydrogen) atoms. The van der Waals surface area contributed by atoms with Gasteiger partial charge < -0.3 is 4.74 Å². The molecule has 1 aromatic carbocycles. The smallest absolute Gasteiger partial charge is 0.232 e. The van der Waals surface area contributed by atoms with Crippen LogP contribution in [0, 0.1) is 27.7 Å². The van der Waals surface area contributed by atoms with Crippen molar-refractivity contribution >= 4 is 33.2 Å². The van der Waals surface area contributed by atoms with Crippen LogP contribution in [-0.4, -0.2) is 9.97 Å². The van der Waals surface area contributed by atoms with Gasteiger partial charge in [-0.05, 0) is 62.1 Å². The van der Waals surface area contributed by atoms with E-state index in [0.29, 0.717) is 5.88 Å². The summed E-state index contributed by atoms with van der Waals surface area (Å²) in [5.41, 5.74) is 3.38. The Labute approximate surface area is 132 Å². The van der Waals surface area contributed by atoms with Gasteiger partial charge in [0.25, 0.3) is 0 Å². The molecule has 0 radical (unpaired) electrons. The number of ether oxygens (including phenoxy) is 1. The zero-order valence-electron chi connectivity index (χ0n) is 12.3. The molecule has 0 aliphatic rings. The highest BCUT2D eigenvalue weighted by molar-refractivity contribution is 7.18. The van der Waals surface area contributed by atoms with Gasteiger partial charge in [0.05, 0.1) is 5.39 Å². The standard InChI is InChI=1S/C16H15ClN2OS/c1-8-5-6-9(2)13(11(8)4)20-14-12-7-10(3)21-15(12)19-16(17)18-14/h5-7H,1-4H3. The average molecular weight is 319 g/mol. The lowest BCUT2D eigenvalue weighted by Gasteiger charge is -2.13. The predicted molar refractivity (Wildman–Crippen MR) is 87.9 cm³/mol. The van der Waals surface area contributed by atoms with Crippen LogP contribution in [-0.2, 0) is 0 Å². The molecule has 5 heteroatoms. The van der Waals surface area contributed by atoms with Crippen molar-refractivity contribution in [2.45, 2.75) is 27.7 Å². The first kappa shape index (κ1) is 14.3. The first-order valence-corrected chi connectivity index (χ1v) is 7.83. The van der Waals surface area contributed by atoms with Crippen LogP contribution in [0.1, 0.15) is 21.6 Å². The molecule has 2 aromatic heterocycles. The van der Waals surface area contributed by atoms with Gasteiger partial charge in [0.2, 0.25) is 11.2 Å². The molecule has 3 aromatic rings. The largest absolute Gasteiger partial charge is 0.438 e. The number of aromatic nitrogens is 2. The summed E-state index contributed by atoms with van der Waals surface area (Å²) in [5.74, 6) is 1.36. The Bertz CT molecular complexity index is 842. The van der Waals surface area contributed by atoms with E-state index in [1.807, 2.05) is 19.9 Å². The molecule has 0 saturated carbocycles. The molecular formula is C16H15ClN2OS. The highest BCUT2D eigenvalue weighted by Crippen LogP contribution is 2.36. The maximum absolute atomic E-state index is 6.10. The van der Waals surface area contributed by atoms with Crippen molar-refractivity contribution in [3.8, 4) is 11.6 Å². The second-order valence-corrected chi connectivity index (χ2v) is 6.70. The van der Waals surface area contributed by atoms with Crippen LogP contribution in [0.5, 0.6) is 11.6 Å². The van der Waals surface area contributed by atoms with Gasteiger partial charge in [-0.25, -0.2) is 4.98 Å². The number of rotatable bonds is 2. The fraction of sp³-hybridized carbons (Fsp3) is 0.250. The Morgan fingerprint density at radius 2 is 1.76 bits per heavy atom. The number of hydrogen-bond donors (Lipinski definition) is 0. The molecule has 108 valence electrons. The molecular weight excluding hydrogens is 304 g/mol. The summed E-state index contributed by atoms with van der Waals surface area (Å²) in [5, 5.41) is 1.12. The van der Waals surface area contributed by atoms with Gasteiger partial charge in [0, 0.05) is 4.88 Å². The minimum atomic E-state index is 0.210. The molecule has 3 rings (SSSR count). The SMILES string of the molecule is Cc1cc2c(Oc3c(C)ccc(C)c3C)nc(Cl)nc2s1. The van der Waals surface area contributed by atoms with Crippen molar-refractivity contribution in [1.29, 1.82) is 0 Å². The minimum Gasteiger partial charge on any atom is -0.438 e. The van der Waals surface area contributed by atoms with Crippen LogP contribution < -0.4 is 4.74 Å². The third kappa shape index (κ3) is 2.61. The van der Waals surface area contributed by atoms with Crippen molar-refractivity contribution in [1.82, 2.24) is 9.97 Å². The summed E-state index contributed by atoms with van der Waals surface area (Å²) in [6.45, 7) is 8.18. The van der Waals surface area contributed by atoms with Crippen LogP contribution in [0.15, 0.2) is 18.2 Å². The van der Waals surface area contributed by atoms with Gasteiger partial charge in [-0.15, -0.1) is 11.3 Å². The van der Waals surface area contributed by atoms with E-state index in [1.165, 1.54) is 5.56 Å². The molecule has 0 fully saturated rings. The number of benzene rings is 1. The fourth-order valence-corrected chi connectivity index (χ4v) is 3.33. The van der Waals surface area contributed by atoms with Gasteiger partial charge in [0.1, 0.15) is 10.6 Å². The zero-order valence-corrected chi connectivity index (χ0v) is 13.9. The van der Waals surface area contributed by atoms with Gasteiger partial charge in [-0.1, -0.05) is 12.1 Å². The fourth-order valence-electron chi connectivity index (χ4n) is 2.25. The lowest BCUT2D eigenvalue weighted by molar-refractivity contribution is 0.461. The van der Waals surface area contributed by atoms with E-state index in [0.717, 1.165) is 32.0 Å². The van der Waals surface area contributed by atoms with Gasteiger partial charge >= 0.3 is 0 Å². The Balaban J connectivity index is 2.16. The highest BCUT2D eigenvalue weighted by Gasteiger charge is 2.14. The number of halogens is 1. The van der Waals surface area contributed by atoms with Gasteiger partial charge in [-0.3, -0.25) is 0 Å². The average Bonchev–Trinajstić information content (AvgIpc) is 2.79. The number of aryl methyl sites for hydroxylation is 3. The first-order chi connectivity index (χ1) is 9.95. The van der Waals surface area contributed by atoms with Crippen LogP contribution in [0.2, 0.25) is 5.28 Å². The minimum absolute atomic E-state index is 0.210. The maximum Gasteiger partial charge on any atom is 0.232 e. The number of fused-ring (bicyclic) bond motifs is 1. The molecule has 0 saturated heterocycles. The molecule has 0 unspecified atom stereocenters. The van der Waals surface area contributed by atoms with Crippen LogP contribution in [0.4, 0.5) is 0 Å². The zero-order chi connectivity index (χ0) is 15.1. The molecule has 0 N–H and O–H groups in total. The van der Waals surface area contributed by atoms with Crippen molar-refractivity contribution in [3.63, 3.8) is 0 Å². The molecule has 0 spiro atoms. The van der Waals surface area contributed by atoms with Crippen LogP contribution in [0.25, 0.3) is 10.2 Å². The second-order valence-electron chi connectivity index (χ2n) is 5.13. The molecule has 0 amide bonds. The van der Waals surface area contributed by atoms with Crippen molar-refractivity contribution in [2.24, 2.45) is 0 Å². The summed E-state index contributed by atoms with van der Waals surface area (Å²) in [7, 11) is 0. The van der Waals surface area contributed by atoms with E-state index in [2.05, 4.69) is 35.9 Å². The van der Waals surface area contributed by atoms with E-state index >= 15 is 0 Å². The van der Waals surface area contributed by atoms with Gasteiger partial charge in [0.15, 0.2) is 0 Å². The lowest BCUT2D eigenvalue weighted by atomic mass is 10.1. The van der Waals surface area contributed by atoms with Crippen molar-refractivity contribution in [3.05, 3.63) is 45.1 Å². The Morgan fingerprint density at radius 1 is 1.05 bits per heavy atom. The molecule has 3 nitrogen and oxygen atoms in total. The quantitative estimate of drug-likeness (QED) is 0.596. The Kier molecular flexibility index (Phi) is 3.59. The summed E-state index contributed by atoms with van der Waals surface area (Å²) in [6.07, 6.45) is 0. The molecule has 2 heterocycles. The summed E-state index contributed by atoms with van der Waals surface area (Å²) >= 11 is 7.60. The number of thiophene rings is 1. The summed E-state index contributed by atoms with van der Waals surface area (Å²) in [4.78, 5) is 10.5. The van der Waals surface area contributed by atoms with E-state index in [1.54, 1.807) is 11.3 Å². The monoisotopic (exact) mass is 318 g/mol. The molecule has 0 aliphatic carbocycles. The number of nitrogens with zero attached hydrogens (tertiary/aromatic N) is 2. The third-order valence-electron chi connectivity index (χ3n) is 3.53. The summed E-state index contributed by atoms with van der Waals surface area (Å²) < 4.78 is 6.10. The molecule has 0 bridgehead atoms. The van der Waals surface area contributed by atoms with Crippen molar-refractivity contribution < 1.29 is 4.74 Å². The highest BCUT2D eigenvalue weighted by atomic mass is 35.5. The second kappa shape index (κ2) is 5.28. The van der Waals surface area contributed by atoms with E-state index in [4.69, 9.17) is 16.3 Å². The third-order valence-corrected chi connectivity index (χ3v) is 4.64. The van der Waals surface area contributed by atoms with E-state index < -0.39 is 0 Å². The van der Waals surface area contributed by atoms with E-state index in [-0.39, 0.29) is 5.28 Å². The summed E-state index contributed by atoms with van der Waals surface area (Å²) in [6, 6.07) is 6.18. The lowest BCUT2D eigenvalue weighted by Crippen LogP contribution is -1.96. The van der Waals surface area contributed by atoms with Crippen LogP contribution >= 0.6 is 22.9 Å². The van der Waals surface area contributed by atoms with Crippen LogP contribution in [0.3, 0.4) is 0 Å². The Morgan fingerprint density at radius 3 is 2.52 bits per heavy atom. The normalized spacial score (nSPS) is 11.1. The molecule has 0 aliphatic heterocycles.